The number of hydrogen-bond donors (Lipinski definition) is 3. The SMILES string of the molecule is O=C(O)c1cc(Br)cc(S(=O)(=O)NCc2nn[nH]n2)c1F. The van der Waals surface area contributed by atoms with Crippen LogP contribution in [0, 0.1) is 5.82 Å². The summed E-state index contributed by atoms with van der Waals surface area (Å²) in [4.78, 5) is 10.1. The van der Waals surface area contributed by atoms with Crippen molar-refractivity contribution in [3.8, 4) is 0 Å². The van der Waals surface area contributed by atoms with E-state index in [9.17, 15) is 17.6 Å². The molecule has 0 bridgehead atoms. The van der Waals surface area contributed by atoms with Crippen LogP contribution in [0.2, 0.25) is 0 Å². The lowest BCUT2D eigenvalue weighted by atomic mass is 10.2. The molecule has 21 heavy (non-hydrogen) atoms. The summed E-state index contributed by atoms with van der Waals surface area (Å²) in [6.07, 6.45) is 0. The molecule has 0 aliphatic rings. The molecule has 0 unspecified atom stereocenters. The fourth-order valence-corrected chi connectivity index (χ4v) is 3.12. The van der Waals surface area contributed by atoms with Crippen molar-refractivity contribution in [2.75, 3.05) is 0 Å². The van der Waals surface area contributed by atoms with Crippen molar-refractivity contribution in [2.24, 2.45) is 0 Å². The van der Waals surface area contributed by atoms with Gasteiger partial charge in [-0.05, 0) is 12.1 Å². The van der Waals surface area contributed by atoms with Gasteiger partial charge >= 0.3 is 5.97 Å². The van der Waals surface area contributed by atoms with Crippen molar-refractivity contribution >= 4 is 31.9 Å². The third-order valence-electron chi connectivity index (χ3n) is 2.33. The molecule has 0 atom stereocenters. The highest BCUT2D eigenvalue weighted by atomic mass is 79.9. The van der Waals surface area contributed by atoms with Gasteiger partial charge in [-0.25, -0.2) is 22.3 Å². The van der Waals surface area contributed by atoms with E-state index in [1.807, 2.05) is 4.72 Å². The highest BCUT2D eigenvalue weighted by molar-refractivity contribution is 9.10. The molecule has 0 radical (unpaired) electrons. The Labute approximate surface area is 125 Å². The zero-order chi connectivity index (χ0) is 15.6. The van der Waals surface area contributed by atoms with E-state index >= 15 is 0 Å². The van der Waals surface area contributed by atoms with E-state index in [2.05, 4.69) is 36.6 Å². The van der Waals surface area contributed by atoms with Gasteiger partial charge in [-0.15, -0.1) is 10.2 Å². The molecule has 0 fully saturated rings. The largest absolute Gasteiger partial charge is 0.478 e. The van der Waals surface area contributed by atoms with Gasteiger partial charge in [-0.2, -0.15) is 5.21 Å². The number of nitrogens with one attached hydrogen (secondary N) is 2. The minimum atomic E-state index is -4.29. The third-order valence-corrected chi connectivity index (χ3v) is 4.19. The number of rotatable bonds is 5. The Kier molecular flexibility index (Phi) is 4.29. The van der Waals surface area contributed by atoms with Gasteiger partial charge in [0.1, 0.15) is 4.90 Å². The summed E-state index contributed by atoms with van der Waals surface area (Å²) in [5.41, 5.74) is -0.760. The Bertz CT molecular complexity index is 780. The number of aromatic carboxylic acids is 1. The molecule has 0 amide bonds. The lowest BCUT2D eigenvalue weighted by molar-refractivity contribution is 0.0691. The molecule has 9 nitrogen and oxygen atoms in total. The molecule has 12 heteroatoms. The van der Waals surface area contributed by atoms with Crippen LogP contribution in [0.1, 0.15) is 16.2 Å². The fraction of sp³-hybridized carbons (Fsp3) is 0.111. The summed E-state index contributed by atoms with van der Waals surface area (Å²) in [5, 5.41) is 21.3. The van der Waals surface area contributed by atoms with Crippen LogP contribution in [0.25, 0.3) is 0 Å². The van der Waals surface area contributed by atoms with E-state index in [-0.39, 0.29) is 16.8 Å². The number of carbonyl (C=O) groups is 1. The number of aromatic nitrogens is 4. The molecule has 0 saturated carbocycles. The van der Waals surface area contributed by atoms with Gasteiger partial charge in [-0.3, -0.25) is 0 Å². The normalized spacial score (nSPS) is 11.5. The van der Waals surface area contributed by atoms with Crippen molar-refractivity contribution in [2.45, 2.75) is 11.4 Å². The molecule has 0 aliphatic heterocycles. The number of H-pyrrole nitrogens is 1. The van der Waals surface area contributed by atoms with E-state index in [1.54, 1.807) is 0 Å². The van der Waals surface area contributed by atoms with Crippen molar-refractivity contribution in [1.29, 1.82) is 0 Å². The van der Waals surface area contributed by atoms with Crippen LogP contribution in [-0.2, 0) is 16.6 Å². The number of carboxylic acid groups (broad SMARTS) is 1. The number of halogens is 2. The van der Waals surface area contributed by atoms with Crippen LogP contribution in [-0.4, -0.2) is 40.1 Å². The Morgan fingerprint density at radius 1 is 1.48 bits per heavy atom. The minimum Gasteiger partial charge on any atom is -0.478 e. The summed E-state index contributed by atoms with van der Waals surface area (Å²) in [6.45, 7) is -0.326. The first-order valence-corrected chi connectivity index (χ1v) is 7.53. The van der Waals surface area contributed by atoms with E-state index < -0.39 is 32.3 Å². The van der Waals surface area contributed by atoms with Crippen molar-refractivity contribution in [3.63, 3.8) is 0 Å². The number of nitrogens with zero attached hydrogens (tertiary/aromatic N) is 3. The molecule has 0 saturated heterocycles. The quantitative estimate of drug-likeness (QED) is 0.677. The highest BCUT2D eigenvalue weighted by Crippen LogP contribution is 2.24. The van der Waals surface area contributed by atoms with Crippen LogP contribution >= 0.6 is 15.9 Å². The summed E-state index contributed by atoms with van der Waals surface area (Å²) >= 11 is 2.94. The average molecular weight is 380 g/mol. The molecular formula is C9H7BrFN5O4S. The summed E-state index contributed by atoms with van der Waals surface area (Å²) in [7, 11) is -4.29. The van der Waals surface area contributed by atoms with Crippen LogP contribution in [0.3, 0.4) is 0 Å². The Morgan fingerprint density at radius 3 is 2.76 bits per heavy atom. The molecule has 1 heterocycles. The molecule has 1 aromatic heterocycles. The molecule has 2 aromatic rings. The fourth-order valence-electron chi connectivity index (χ4n) is 1.41. The predicted octanol–water partition coefficient (Wildman–Crippen LogP) is 0.278. The van der Waals surface area contributed by atoms with Gasteiger partial charge < -0.3 is 5.11 Å². The maximum atomic E-state index is 14.0. The predicted molar refractivity (Wildman–Crippen MR) is 69.3 cm³/mol. The number of hydrogen-bond acceptors (Lipinski definition) is 6. The maximum Gasteiger partial charge on any atom is 0.338 e. The lowest BCUT2D eigenvalue weighted by Crippen LogP contribution is -2.25. The third kappa shape index (κ3) is 3.40. The van der Waals surface area contributed by atoms with Gasteiger partial charge in [0.25, 0.3) is 0 Å². The highest BCUT2D eigenvalue weighted by Gasteiger charge is 2.25. The first kappa shape index (κ1) is 15.5. The van der Waals surface area contributed by atoms with Crippen molar-refractivity contribution < 1.29 is 22.7 Å². The second-order valence-corrected chi connectivity index (χ2v) is 6.37. The van der Waals surface area contributed by atoms with Crippen LogP contribution in [0.15, 0.2) is 21.5 Å². The standard InChI is InChI=1S/C9H7BrFN5O4S/c10-4-1-5(9(17)18)8(11)6(2-4)21(19,20)12-3-7-13-15-16-14-7/h1-2,12H,3H2,(H,17,18)(H,13,14,15,16). The topological polar surface area (TPSA) is 138 Å². The number of sulfonamides is 1. The van der Waals surface area contributed by atoms with Gasteiger partial charge in [0.2, 0.25) is 10.0 Å². The Morgan fingerprint density at radius 2 is 2.19 bits per heavy atom. The summed E-state index contributed by atoms with van der Waals surface area (Å²) in [5.74, 6) is -2.89. The summed E-state index contributed by atoms with van der Waals surface area (Å²) in [6, 6.07) is 1.93. The zero-order valence-corrected chi connectivity index (χ0v) is 12.4. The molecule has 3 N–H and O–H groups in total. The van der Waals surface area contributed by atoms with Gasteiger partial charge in [0.15, 0.2) is 11.6 Å². The summed E-state index contributed by atoms with van der Waals surface area (Å²) < 4.78 is 40.2. The minimum absolute atomic E-state index is 0.0486. The molecule has 112 valence electrons. The molecule has 0 spiro atoms. The smallest absolute Gasteiger partial charge is 0.338 e. The first-order chi connectivity index (χ1) is 9.81. The van der Waals surface area contributed by atoms with Gasteiger partial charge in [0, 0.05) is 4.47 Å². The zero-order valence-electron chi connectivity index (χ0n) is 10.0. The van der Waals surface area contributed by atoms with Crippen molar-refractivity contribution in [1.82, 2.24) is 25.3 Å². The van der Waals surface area contributed by atoms with Crippen LogP contribution < -0.4 is 4.72 Å². The van der Waals surface area contributed by atoms with Gasteiger partial charge in [-0.1, -0.05) is 21.1 Å². The second-order valence-electron chi connectivity index (χ2n) is 3.72. The van der Waals surface area contributed by atoms with Crippen LogP contribution in [0.5, 0.6) is 0 Å². The van der Waals surface area contributed by atoms with E-state index in [4.69, 9.17) is 5.11 Å². The molecule has 1 aromatic carbocycles. The Hall–Kier alpha value is -1.92. The Balaban J connectivity index is 2.37. The van der Waals surface area contributed by atoms with Crippen molar-refractivity contribution in [3.05, 3.63) is 33.8 Å². The van der Waals surface area contributed by atoms with E-state index in [0.29, 0.717) is 0 Å². The van der Waals surface area contributed by atoms with E-state index in [0.717, 1.165) is 12.1 Å². The molecule has 2 rings (SSSR count). The lowest BCUT2D eigenvalue weighted by Gasteiger charge is -2.08. The average Bonchev–Trinajstić information content (AvgIpc) is 2.91. The number of carboxylic acids is 1. The number of tetrazole rings is 1. The van der Waals surface area contributed by atoms with Crippen LogP contribution in [0.4, 0.5) is 4.39 Å². The number of benzene rings is 1. The molecular weight excluding hydrogens is 373 g/mol. The molecule has 0 aliphatic carbocycles. The maximum absolute atomic E-state index is 14.0. The first-order valence-electron chi connectivity index (χ1n) is 5.25. The second kappa shape index (κ2) is 5.83. The monoisotopic (exact) mass is 379 g/mol. The van der Waals surface area contributed by atoms with Gasteiger partial charge in [0.05, 0.1) is 12.1 Å². The van der Waals surface area contributed by atoms with E-state index in [1.165, 1.54) is 0 Å². The number of aromatic amines is 1.